The molecule has 0 aromatic heterocycles. The summed E-state index contributed by atoms with van der Waals surface area (Å²) in [5.74, 6) is 0. The molecule has 1 heterocycles. The Morgan fingerprint density at radius 1 is 0.556 bits per heavy atom. The maximum Gasteiger partial charge on any atom is -1.00 e. The van der Waals surface area contributed by atoms with Crippen molar-refractivity contribution in [2.45, 2.75) is 83.1 Å². The number of hydrogen-bond donors (Lipinski definition) is 0. The van der Waals surface area contributed by atoms with Crippen LogP contribution in [0.5, 0.6) is 0 Å². The van der Waals surface area contributed by atoms with Crippen LogP contribution in [0.25, 0.3) is 34.4 Å². The van der Waals surface area contributed by atoms with Crippen molar-refractivity contribution in [3.63, 3.8) is 0 Å². The Hall–Kier alpha value is -2.35. The Kier molecular flexibility index (Phi) is 9.19. The number of allylic oxidation sites excluding steroid dienone is 2. The van der Waals surface area contributed by atoms with E-state index >= 15 is 0 Å². The van der Waals surface area contributed by atoms with Gasteiger partial charge in [-0.1, -0.05) is 0 Å². The first-order valence-corrected chi connectivity index (χ1v) is 20.5. The third-order valence-corrected chi connectivity index (χ3v) is 22.6. The summed E-state index contributed by atoms with van der Waals surface area (Å²) in [6.07, 6.45) is 13.5. The molecule has 8 rings (SSSR count). The summed E-state index contributed by atoms with van der Waals surface area (Å²) in [4.78, 5) is 0. The molecular weight excluding hydrogens is 623 g/mol. The van der Waals surface area contributed by atoms with Crippen LogP contribution in [0.4, 0.5) is 0 Å². The van der Waals surface area contributed by atoms with Gasteiger partial charge in [-0.15, -0.1) is 0 Å². The predicted molar refractivity (Wildman–Crippen MR) is 181 cm³/mol. The summed E-state index contributed by atoms with van der Waals surface area (Å²) < 4.78 is 3.37. The molecule has 0 radical (unpaired) electrons. The van der Waals surface area contributed by atoms with E-state index in [1.54, 1.807) is 22.3 Å². The zero-order chi connectivity index (χ0) is 29.3. The zero-order valence-corrected chi connectivity index (χ0v) is 30.1. The van der Waals surface area contributed by atoms with Gasteiger partial charge in [0, 0.05) is 0 Å². The third-order valence-electron chi connectivity index (χ3n) is 11.8. The SMILES string of the molecule is CCC1=Cc2c(-c3ccc(C)cc3)cccc2[CH]1[Ti+2]1([CH]2C(CC)=Cc3c(-c4ccc(C)cc4)cccc32)[CH]2CCCC[CH]21.[Cl-].[Cl-]. The van der Waals surface area contributed by atoms with Crippen molar-refractivity contribution < 1.29 is 41.4 Å². The van der Waals surface area contributed by atoms with Gasteiger partial charge in [-0.3, -0.25) is 0 Å². The minimum absolute atomic E-state index is 0. The van der Waals surface area contributed by atoms with E-state index in [0.29, 0.717) is 8.45 Å². The average Bonchev–Trinajstić information content (AvgIpc) is 3.32. The minimum atomic E-state index is -2.60. The molecule has 1 saturated carbocycles. The van der Waals surface area contributed by atoms with Gasteiger partial charge >= 0.3 is 264 Å². The van der Waals surface area contributed by atoms with Crippen LogP contribution in [0.15, 0.2) is 96.1 Å². The third kappa shape index (κ3) is 4.98. The summed E-state index contributed by atoms with van der Waals surface area (Å²) in [5.41, 5.74) is 18.2. The molecule has 2 fully saturated rings. The van der Waals surface area contributed by atoms with Crippen LogP contribution in [0.2, 0.25) is 8.45 Å². The van der Waals surface area contributed by atoms with Crippen molar-refractivity contribution in [3.8, 4) is 22.3 Å². The Morgan fingerprint density at radius 2 is 0.956 bits per heavy atom. The number of aryl methyl sites for hydroxylation is 2. The molecule has 0 spiro atoms. The first kappa shape index (κ1) is 32.6. The van der Waals surface area contributed by atoms with Crippen molar-refractivity contribution in [2.75, 3.05) is 0 Å². The topological polar surface area (TPSA) is 0 Å². The van der Waals surface area contributed by atoms with Crippen molar-refractivity contribution in [1.29, 1.82) is 0 Å². The fourth-order valence-electron chi connectivity index (χ4n) is 9.93. The van der Waals surface area contributed by atoms with E-state index in [0.717, 1.165) is 8.45 Å². The summed E-state index contributed by atoms with van der Waals surface area (Å²) in [5, 5.41) is 0. The summed E-state index contributed by atoms with van der Waals surface area (Å²) in [7, 11) is 0. The molecule has 1 saturated heterocycles. The molecule has 0 bridgehead atoms. The van der Waals surface area contributed by atoms with E-state index in [9.17, 15) is 0 Å². The first-order chi connectivity index (χ1) is 21.1. The van der Waals surface area contributed by atoms with E-state index < -0.39 is 16.6 Å². The Morgan fingerprint density at radius 3 is 1.33 bits per heavy atom. The summed E-state index contributed by atoms with van der Waals surface area (Å²) in [6.45, 7) is 9.26. The Labute approximate surface area is 286 Å². The summed E-state index contributed by atoms with van der Waals surface area (Å²) in [6, 6.07) is 33.1. The van der Waals surface area contributed by atoms with Gasteiger partial charge in [0.2, 0.25) is 0 Å². The number of fused-ring (bicyclic) bond motifs is 3. The zero-order valence-electron chi connectivity index (χ0n) is 27.0. The van der Waals surface area contributed by atoms with Gasteiger partial charge in [0.05, 0.1) is 0 Å². The van der Waals surface area contributed by atoms with Crippen molar-refractivity contribution in [3.05, 3.63) is 129 Å². The standard InChI is InChI=1S/2C18H17.C6H10.2ClH.Ti/c2*1-3-14-11-16-5-4-6-17(18(16)12-14)15-9-7-13(2)8-10-15;1-2-4-6-5-3-1;;;/h2*4-12H,3H2,1-2H3;1-2H,3-6H2;2*1H;/q;;;;;+2/p-2. The second-order valence-corrected chi connectivity index (χ2v) is 21.1. The van der Waals surface area contributed by atoms with Crippen LogP contribution in [-0.2, 0) is 16.6 Å². The smallest absolute Gasteiger partial charge is 1.00 e. The van der Waals surface area contributed by atoms with Crippen LogP contribution in [-0.4, -0.2) is 0 Å². The molecular formula is C42H44Cl2Ti. The fourth-order valence-corrected chi connectivity index (χ4v) is 24.3. The number of halogens is 2. The van der Waals surface area contributed by atoms with E-state index in [4.69, 9.17) is 0 Å². The molecule has 45 heavy (non-hydrogen) atoms. The van der Waals surface area contributed by atoms with Crippen molar-refractivity contribution >= 4 is 12.2 Å². The first-order valence-electron chi connectivity index (χ1n) is 16.9. The number of hydrogen-bond acceptors (Lipinski definition) is 0. The monoisotopic (exact) mass is 666 g/mol. The van der Waals surface area contributed by atoms with Gasteiger partial charge in [-0.05, 0) is 0 Å². The fraction of sp³-hybridized carbons (Fsp3) is 0.333. The van der Waals surface area contributed by atoms with Crippen molar-refractivity contribution in [1.82, 2.24) is 0 Å². The molecule has 4 atom stereocenters. The number of rotatable bonds is 6. The quantitative estimate of drug-likeness (QED) is 0.210. The second kappa shape index (κ2) is 12.7. The molecule has 4 aromatic rings. The maximum atomic E-state index is 2.67. The van der Waals surface area contributed by atoms with Crippen LogP contribution in [0.1, 0.15) is 94.2 Å². The largest absolute Gasteiger partial charge is 1.00 e. The van der Waals surface area contributed by atoms with Crippen LogP contribution >= 0.6 is 0 Å². The molecule has 4 unspecified atom stereocenters. The van der Waals surface area contributed by atoms with Crippen LogP contribution in [0.3, 0.4) is 0 Å². The van der Waals surface area contributed by atoms with Crippen molar-refractivity contribution in [2.24, 2.45) is 0 Å². The van der Waals surface area contributed by atoms with E-state index in [1.165, 1.54) is 83.0 Å². The van der Waals surface area contributed by atoms with Gasteiger partial charge in [-0.25, -0.2) is 0 Å². The normalized spacial score (nSPS) is 24.2. The molecule has 230 valence electrons. The Bertz CT molecular complexity index is 1650. The Balaban J connectivity index is 0.00000179. The van der Waals surface area contributed by atoms with E-state index in [2.05, 4.69) is 125 Å². The molecule has 3 aliphatic carbocycles. The predicted octanol–water partition coefficient (Wildman–Crippen LogP) is 6.36. The summed E-state index contributed by atoms with van der Waals surface area (Å²) >= 11 is -2.60. The second-order valence-electron chi connectivity index (χ2n) is 13.9. The van der Waals surface area contributed by atoms with E-state index in [1.807, 2.05) is 0 Å². The molecule has 3 heteroatoms. The van der Waals surface area contributed by atoms with Gasteiger partial charge in [0.1, 0.15) is 0 Å². The van der Waals surface area contributed by atoms with E-state index in [-0.39, 0.29) is 24.8 Å². The molecule has 1 aliphatic heterocycles. The molecule has 0 N–H and O–H groups in total. The maximum absolute atomic E-state index is 2.67. The van der Waals surface area contributed by atoms with Gasteiger partial charge in [0.25, 0.3) is 0 Å². The average molecular weight is 668 g/mol. The van der Waals surface area contributed by atoms with Gasteiger partial charge in [-0.2, -0.15) is 0 Å². The molecule has 4 aromatic carbocycles. The number of benzene rings is 4. The van der Waals surface area contributed by atoms with Crippen LogP contribution < -0.4 is 24.8 Å². The van der Waals surface area contributed by atoms with Gasteiger partial charge in [0.15, 0.2) is 0 Å². The molecule has 0 amide bonds. The minimum Gasteiger partial charge on any atom is -1.00 e. The molecule has 4 aliphatic rings. The molecule has 0 nitrogen and oxygen atoms in total. The van der Waals surface area contributed by atoms with Gasteiger partial charge < -0.3 is 24.8 Å². The van der Waals surface area contributed by atoms with Crippen LogP contribution in [0, 0.1) is 13.8 Å².